The lowest BCUT2D eigenvalue weighted by atomic mass is 9.91. The standard InChI is InChI=1S/C14H25NO5/c1-5-15(13(17)20-14(2,3)4)9-8-19-12-11(9)10(16)6-7-18-12/h9-12,16H,5-8H2,1-4H3/t9-,10-,11-,12+/m0/s1. The number of aliphatic hydroxyl groups excluding tert-OH is 1. The molecule has 2 rings (SSSR count). The molecule has 0 saturated carbocycles. The van der Waals surface area contributed by atoms with Crippen molar-refractivity contribution in [2.75, 3.05) is 19.8 Å². The molecular formula is C14H25NO5. The van der Waals surface area contributed by atoms with Crippen LogP contribution in [0.4, 0.5) is 4.79 Å². The number of hydrogen-bond acceptors (Lipinski definition) is 5. The Labute approximate surface area is 120 Å². The number of carbonyl (C=O) groups is 1. The third-order valence-corrected chi connectivity index (χ3v) is 3.70. The topological polar surface area (TPSA) is 68.2 Å². The van der Waals surface area contributed by atoms with Crippen LogP contribution in [0.15, 0.2) is 0 Å². The van der Waals surface area contributed by atoms with E-state index in [-0.39, 0.29) is 18.1 Å². The van der Waals surface area contributed by atoms with Gasteiger partial charge in [-0.25, -0.2) is 4.79 Å². The van der Waals surface area contributed by atoms with Gasteiger partial charge in [-0.2, -0.15) is 0 Å². The Morgan fingerprint density at radius 3 is 2.70 bits per heavy atom. The Morgan fingerprint density at radius 2 is 2.10 bits per heavy atom. The highest BCUT2D eigenvalue weighted by atomic mass is 16.7. The molecule has 2 fully saturated rings. The van der Waals surface area contributed by atoms with Crippen LogP contribution in [0.5, 0.6) is 0 Å². The summed E-state index contributed by atoms with van der Waals surface area (Å²) in [5.74, 6) is -0.198. The number of nitrogens with zero attached hydrogens (tertiary/aromatic N) is 1. The van der Waals surface area contributed by atoms with Crippen LogP contribution in [0.25, 0.3) is 0 Å². The molecule has 0 bridgehead atoms. The number of rotatable bonds is 2. The molecule has 2 aliphatic heterocycles. The molecular weight excluding hydrogens is 262 g/mol. The summed E-state index contributed by atoms with van der Waals surface area (Å²) >= 11 is 0. The summed E-state index contributed by atoms with van der Waals surface area (Å²) in [5.41, 5.74) is -0.537. The van der Waals surface area contributed by atoms with Gasteiger partial charge in [-0.15, -0.1) is 0 Å². The smallest absolute Gasteiger partial charge is 0.410 e. The zero-order valence-electron chi connectivity index (χ0n) is 12.7. The zero-order chi connectivity index (χ0) is 14.9. The summed E-state index contributed by atoms with van der Waals surface area (Å²) in [7, 11) is 0. The number of carbonyl (C=O) groups excluding carboxylic acids is 1. The molecule has 0 aromatic carbocycles. The second-order valence-corrected chi connectivity index (χ2v) is 6.34. The van der Waals surface area contributed by atoms with Crippen molar-refractivity contribution in [3.8, 4) is 0 Å². The van der Waals surface area contributed by atoms with E-state index >= 15 is 0 Å². The third-order valence-electron chi connectivity index (χ3n) is 3.70. The Kier molecular flexibility index (Phi) is 4.56. The lowest BCUT2D eigenvalue weighted by Crippen LogP contribution is -2.52. The van der Waals surface area contributed by atoms with Crippen molar-refractivity contribution in [2.45, 2.75) is 58.2 Å². The second kappa shape index (κ2) is 5.87. The number of likely N-dealkylation sites (N-methyl/N-ethyl adjacent to an activating group) is 1. The third kappa shape index (κ3) is 3.24. The lowest BCUT2D eigenvalue weighted by molar-refractivity contribution is -0.181. The van der Waals surface area contributed by atoms with Gasteiger partial charge >= 0.3 is 6.09 Å². The van der Waals surface area contributed by atoms with Crippen molar-refractivity contribution >= 4 is 6.09 Å². The second-order valence-electron chi connectivity index (χ2n) is 6.34. The molecule has 6 nitrogen and oxygen atoms in total. The van der Waals surface area contributed by atoms with E-state index < -0.39 is 18.0 Å². The van der Waals surface area contributed by atoms with Crippen molar-refractivity contribution in [1.29, 1.82) is 0 Å². The Bertz CT molecular complexity index is 354. The summed E-state index contributed by atoms with van der Waals surface area (Å²) in [5, 5.41) is 10.2. The summed E-state index contributed by atoms with van der Waals surface area (Å²) in [6.45, 7) is 8.79. The molecule has 0 spiro atoms. The first-order valence-corrected chi connectivity index (χ1v) is 7.24. The summed E-state index contributed by atoms with van der Waals surface area (Å²) in [4.78, 5) is 13.9. The van der Waals surface area contributed by atoms with E-state index in [4.69, 9.17) is 14.2 Å². The molecule has 2 heterocycles. The fraction of sp³-hybridized carbons (Fsp3) is 0.929. The van der Waals surface area contributed by atoms with Crippen LogP contribution in [0.1, 0.15) is 34.1 Å². The number of ether oxygens (including phenoxy) is 3. The van der Waals surface area contributed by atoms with Gasteiger partial charge in [-0.1, -0.05) is 0 Å². The van der Waals surface area contributed by atoms with Crippen molar-refractivity contribution in [2.24, 2.45) is 5.92 Å². The largest absolute Gasteiger partial charge is 0.444 e. The average Bonchev–Trinajstić information content (AvgIpc) is 2.73. The highest BCUT2D eigenvalue weighted by molar-refractivity contribution is 5.68. The SMILES string of the molecule is CCN(C(=O)OC(C)(C)C)[C@H]1CO[C@H]2OCC[C@H](O)[C@@H]21. The van der Waals surface area contributed by atoms with Gasteiger partial charge in [-0.3, -0.25) is 0 Å². The van der Waals surface area contributed by atoms with Crippen molar-refractivity contribution in [3.63, 3.8) is 0 Å². The number of hydrogen-bond donors (Lipinski definition) is 1. The minimum Gasteiger partial charge on any atom is -0.444 e. The molecule has 2 aliphatic rings. The maximum absolute atomic E-state index is 12.3. The molecule has 1 N–H and O–H groups in total. The number of amides is 1. The van der Waals surface area contributed by atoms with Crippen LogP contribution in [0.3, 0.4) is 0 Å². The molecule has 6 heteroatoms. The fourth-order valence-corrected chi connectivity index (χ4v) is 2.81. The molecule has 2 saturated heterocycles. The van der Waals surface area contributed by atoms with E-state index in [1.807, 2.05) is 27.7 Å². The average molecular weight is 287 g/mol. The molecule has 116 valence electrons. The van der Waals surface area contributed by atoms with Crippen molar-refractivity contribution in [1.82, 2.24) is 4.90 Å². The lowest BCUT2D eigenvalue weighted by Gasteiger charge is -2.37. The quantitative estimate of drug-likeness (QED) is 0.830. The summed E-state index contributed by atoms with van der Waals surface area (Å²) in [6, 6.07) is -0.199. The monoisotopic (exact) mass is 287 g/mol. The van der Waals surface area contributed by atoms with Crippen LogP contribution in [0, 0.1) is 5.92 Å². The summed E-state index contributed by atoms with van der Waals surface area (Å²) in [6.07, 6.45) is -0.711. The van der Waals surface area contributed by atoms with Gasteiger partial charge in [0, 0.05) is 6.54 Å². The van der Waals surface area contributed by atoms with E-state index in [2.05, 4.69) is 0 Å². The minimum absolute atomic E-state index is 0.198. The molecule has 20 heavy (non-hydrogen) atoms. The van der Waals surface area contributed by atoms with Gasteiger partial charge in [0.25, 0.3) is 0 Å². The zero-order valence-corrected chi connectivity index (χ0v) is 12.7. The summed E-state index contributed by atoms with van der Waals surface area (Å²) < 4.78 is 16.5. The molecule has 0 aromatic rings. The van der Waals surface area contributed by atoms with E-state index in [1.165, 1.54) is 0 Å². The first-order valence-electron chi connectivity index (χ1n) is 7.24. The highest BCUT2D eigenvalue weighted by Crippen LogP contribution is 2.34. The Balaban J connectivity index is 2.09. The number of aliphatic hydroxyl groups is 1. The predicted octanol–water partition coefficient (Wildman–Crippen LogP) is 1.37. The van der Waals surface area contributed by atoms with Gasteiger partial charge < -0.3 is 24.2 Å². The van der Waals surface area contributed by atoms with Crippen LogP contribution < -0.4 is 0 Å². The Morgan fingerprint density at radius 1 is 1.40 bits per heavy atom. The van der Waals surface area contributed by atoms with Crippen LogP contribution in [-0.2, 0) is 14.2 Å². The molecule has 0 aromatic heterocycles. The molecule has 0 aliphatic carbocycles. The molecule has 4 atom stereocenters. The maximum atomic E-state index is 12.3. The predicted molar refractivity (Wildman–Crippen MR) is 72.2 cm³/mol. The number of fused-ring (bicyclic) bond motifs is 1. The van der Waals surface area contributed by atoms with E-state index in [0.29, 0.717) is 26.2 Å². The van der Waals surface area contributed by atoms with Gasteiger partial charge in [-0.05, 0) is 34.1 Å². The van der Waals surface area contributed by atoms with Crippen LogP contribution in [-0.4, -0.2) is 59.9 Å². The van der Waals surface area contributed by atoms with Crippen molar-refractivity contribution in [3.05, 3.63) is 0 Å². The van der Waals surface area contributed by atoms with E-state index in [1.54, 1.807) is 4.90 Å². The maximum Gasteiger partial charge on any atom is 0.410 e. The van der Waals surface area contributed by atoms with Gasteiger partial charge in [0.05, 0.1) is 31.3 Å². The first-order chi connectivity index (χ1) is 9.33. The first kappa shape index (κ1) is 15.5. The Hall–Kier alpha value is -0.850. The van der Waals surface area contributed by atoms with Gasteiger partial charge in [0.2, 0.25) is 0 Å². The fourth-order valence-electron chi connectivity index (χ4n) is 2.81. The van der Waals surface area contributed by atoms with E-state index in [9.17, 15) is 9.90 Å². The minimum atomic E-state index is -0.537. The van der Waals surface area contributed by atoms with E-state index in [0.717, 1.165) is 0 Å². The van der Waals surface area contributed by atoms with Crippen LogP contribution in [0.2, 0.25) is 0 Å². The molecule has 1 amide bonds. The molecule has 0 radical (unpaired) electrons. The van der Waals surface area contributed by atoms with Gasteiger partial charge in [0.15, 0.2) is 6.29 Å². The van der Waals surface area contributed by atoms with Crippen molar-refractivity contribution < 1.29 is 24.1 Å². The van der Waals surface area contributed by atoms with Crippen LogP contribution >= 0.6 is 0 Å². The normalized spacial score (nSPS) is 33.6. The molecule has 0 unspecified atom stereocenters. The highest BCUT2D eigenvalue weighted by Gasteiger charge is 2.48. The van der Waals surface area contributed by atoms with Gasteiger partial charge in [0.1, 0.15) is 5.60 Å².